The number of rotatable bonds is 8. The summed E-state index contributed by atoms with van der Waals surface area (Å²) in [6, 6.07) is 10.2. The first kappa shape index (κ1) is 18.0. The Morgan fingerprint density at radius 3 is 2.82 bits per heavy atom. The second-order valence-corrected chi connectivity index (χ2v) is 5.55. The molecule has 0 radical (unpaired) electrons. The minimum Gasteiger partial charge on any atom is -0.357 e. The molecule has 0 amide bonds. The van der Waals surface area contributed by atoms with Gasteiger partial charge in [-0.3, -0.25) is 0 Å². The summed E-state index contributed by atoms with van der Waals surface area (Å²) >= 11 is 0. The number of hydrogen-bond donors (Lipinski definition) is 2. The van der Waals surface area contributed by atoms with Crippen molar-refractivity contribution in [3.05, 3.63) is 35.4 Å². The third-order valence-electron chi connectivity index (χ3n) is 3.44. The summed E-state index contributed by atoms with van der Waals surface area (Å²) in [5.41, 5.74) is 1.73. The van der Waals surface area contributed by atoms with Crippen molar-refractivity contribution in [2.24, 2.45) is 4.99 Å². The molecule has 0 fully saturated rings. The Labute approximate surface area is 134 Å². The highest BCUT2D eigenvalue weighted by Crippen LogP contribution is 2.06. The van der Waals surface area contributed by atoms with Crippen LogP contribution in [0.1, 0.15) is 57.6 Å². The zero-order chi connectivity index (χ0) is 16.2. The molecule has 1 rings (SSSR count). The third-order valence-corrected chi connectivity index (χ3v) is 3.44. The molecule has 0 spiro atoms. The molecule has 0 saturated carbocycles. The van der Waals surface area contributed by atoms with E-state index in [0.29, 0.717) is 18.2 Å². The van der Waals surface area contributed by atoms with E-state index in [1.165, 1.54) is 19.3 Å². The molecule has 2 N–H and O–H groups in total. The van der Waals surface area contributed by atoms with Crippen molar-refractivity contribution >= 4 is 5.96 Å². The quantitative estimate of drug-likeness (QED) is 0.438. The van der Waals surface area contributed by atoms with E-state index in [9.17, 15) is 0 Å². The Morgan fingerprint density at radius 1 is 1.32 bits per heavy atom. The lowest BCUT2D eigenvalue weighted by molar-refractivity contribution is 0.547. The second kappa shape index (κ2) is 10.7. The molecule has 0 aliphatic rings. The zero-order valence-electron chi connectivity index (χ0n) is 14.0. The van der Waals surface area contributed by atoms with Crippen molar-refractivity contribution in [2.45, 2.75) is 59.0 Å². The van der Waals surface area contributed by atoms with Crippen LogP contribution in [0.25, 0.3) is 0 Å². The molecule has 4 nitrogen and oxygen atoms in total. The molecule has 0 aliphatic carbocycles. The molecule has 0 aromatic heterocycles. The number of benzene rings is 1. The normalized spacial score (nSPS) is 12.5. The number of hydrogen-bond acceptors (Lipinski definition) is 2. The van der Waals surface area contributed by atoms with Crippen LogP contribution in [0.4, 0.5) is 0 Å². The molecule has 120 valence electrons. The fraction of sp³-hybridized carbons (Fsp3) is 0.556. The van der Waals surface area contributed by atoms with E-state index in [2.05, 4.69) is 42.5 Å². The molecule has 1 aromatic carbocycles. The molecule has 1 aromatic rings. The van der Waals surface area contributed by atoms with E-state index < -0.39 is 0 Å². The summed E-state index contributed by atoms with van der Waals surface area (Å²) in [5, 5.41) is 15.7. The zero-order valence-corrected chi connectivity index (χ0v) is 14.0. The van der Waals surface area contributed by atoms with Gasteiger partial charge in [0.25, 0.3) is 0 Å². The van der Waals surface area contributed by atoms with Crippen LogP contribution in [-0.2, 0) is 6.54 Å². The minimum atomic E-state index is 0.412. The SMILES string of the molecule is CCCCCC(C)NC(=NCc1cccc(C#N)c1)NCC. The summed E-state index contributed by atoms with van der Waals surface area (Å²) < 4.78 is 0. The average Bonchev–Trinajstić information content (AvgIpc) is 2.53. The molecule has 0 heterocycles. The summed E-state index contributed by atoms with van der Waals surface area (Å²) in [7, 11) is 0. The number of aliphatic imine (C=N–C) groups is 1. The van der Waals surface area contributed by atoms with Gasteiger partial charge in [0.15, 0.2) is 5.96 Å². The Balaban J connectivity index is 2.59. The smallest absolute Gasteiger partial charge is 0.191 e. The molecule has 4 heteroatoms. The standard InChI is InChI=1S/C18H28N4/c1-4-6-7-9-15(3)22-18(20-5-2)21-14-17-11-8-10-16(12-17)13-19/h8,10-12,15H,4-7,9,14H2,1-3H3,(H2,20,21,22). The third kappa shape index (κ3) is 7.12. The van der Waals surface area contributed by atoms with Crippen LogP contribution < -0.4 is 10.6 Å². The maximum Gasteiger partial charge on any atom is 0.191 e. The predicted octanol–water partition coefficient (Wildman–Crippen LogP) is 3.58. The number of nitriles is 1. The van der Waals surface area contributed by atoms with Gasteiger partial charge in [0.1, 0.15) is 0 Å². The highest BCUT2D eigenvalue weighted by atomic mass is 15.2. The summed E-state index contributed by atoms with van der Waals surface area (Å²) in [6.07, 6.45) is 4.92. The van der Waals surface area contributed by atoms with Crippen molar-refractivity contribution in [2.75, 3.05) is 6.54 Å². The maximum atomic E-state index is 8.93. The van der Waals surface area contributed by atoms with E-state index in [1.807, 2.05) is 24.3 Å². The lowest BCUT2D eigenvalue weighted by Crippen LogP contribution is -2.42. The van der Waals surface area contributed by atoms with Crippen LogP contribution in [-0.4, -0.2) is 18.5 Å². The van der Waals surface area contributed by atoms with Crippen LogP contribution in [0.3, 0.4) is 0 Å². The predicted molar refractivity (Wildman–Crippen MR) is 92.7 cm³/mol. The van der Waals surface area contributed by atoms with Crippen molar-refractivity contribution in [1.82, 2.24) is 10.6 Å². The van der Waals surface area contributed by atoms with E-state index >= 15 is 0 Å². The fourth-order valence-corrected chi connectivity index (χ4v) is 2.24. The van der Waals surface area contributed by atoms with Gasteiger partial charge >= 0.3 is 0 Å². The van der Waals surface area contributed by atoms with E-state index in [0.717, 1.165) is 24.5 Å². The van der Waals surface area contributed by atoms with E-state index in [-0.39, 0.29) is 0 Å². The van der Waals surface area contributed by atoms with Gasteiger partial charge in [-0.15, -0.1) is 0 Å². The van der Waals surface area contributed by atoms with Crippen LogP contribution in [0, 0.1) is 11.3 Å². The average molecular weight is 300 g/mol. The van der Waals surface area contributed by atoms with Gasteiger partial charge in [0.2, 0.25) is 0 Å². The largest absolute Gasteiger partial charge is 0.357 e. The minimum absolute atomic E-state index is 0.412. The number of guanidine groups is 1. The van der Waals surface area contributed by atoms with Crippen LogP contribution in [0.5, 0.6) is 0 Å². The fourth-order valence-electron chi connectivity index (χ4n) is 2.24. The van der Waals surface area contributed by atoms with Gasteiger partial charge in [0, 0.05) is 12.6 Å². The Kier molecular flexibility index (Phi) is 8.74. The first-order valence-corrected chi connectivity index (χ1v) is 8.23. The summed E-state index contributed by atoms with van der Waals surface area (Å²) in [5.74, 6) is 0.842. The van der Waals surface area contributed by atoms with Crippen molar-refractivity contribution < 1.29 is 0 Å². The van der Waals surface area contributed by atoms with Crippen LogP contribution >= 0.6 is 0 Å². The molecular weight excluding hydrogens is 272 g/mol. The Hall–Kier alpha value is -2.02. The van der Waals surface area contributed by atoms with Gasteiger partial charge < -0.3 is 10.6 Å². The van der Waals surface area contributed by atoms with Gasteiger partial charge in [0.05, 0.1) is 18.2 Å². The Bertz CT molecular complexity index is 502. The Morgan fingerprint density at radius 2 is 2.14 bits per heavy atom. The summed E-state index contributed by atoms with van der Waals surface area (Å²) in [6.45, 7) is 7.89. The maximum absolute atomic E-state index is 8.93. The summed E-state index contributed by atoms with van der Waals surface area (Å²) in [4.78, 5) is 4.61. The van der Waals surface area contributed by atoms with Gasteiger partial charge in [-0.1, -0.05) is 38.3 Å². The lowest BCUT2D eigenvalue weighted by Gasteiger charge is -2.17. The van der Waals surface area contributed by atoms with Crippen LogP contribution in [0.15, 0.2) is 29.3 Å². The highest BCUT2D eigenvalue weighted by Gasteiger charge is 2.04. The second-order valence-electron chi connectivity index (χ2n) is 5.55. The first-order valence-electron chi connectivity index (χ1n) is 8.23. The first-order chi connectivity index (χ1) is 10.7. The molecule has 0 saturated heterocycles. The van der Waals surface area contributed by atoms with E-state index in [1.54, 1.807) is 0 Å². The van der Waals surface area contributed by atoms with Crippen molar-refractivity contribution in [3.63, 3.8) is 0 Å². The molecular formula is C18H28N4. The number of nitrogens with one attached hydrogen (secondary N) is 2. The van der Waals surface area contributed by atoms with Gasteiger partial charge in [-0.2, -0.15) is 5.26 Å². The molecule has 0 bridgehead atoms. The molecule has 1 unspecified atom stereocenters. The van der Waals surface area contributed by atoms with Crippen LogP contribution in [0.2, 0.25) is 0 Å². The highest BCUT2D eigenvalue weighted by molar-refractivity contribution is 5.80. The number of unbranched alkanes of at least 4 members (excludes halogenated alkanes) is 2. The van der Waals surface area contributed by atoms with Crippen molar-refractivity contribution in [3.8, 4) is 6.07 Å². The van der Waals surface area contributed by atoms with Gasteiger partial charge in [-0.25, -0.2) is 4.99 Å². The topological polar surface area (TPSA) is 60.2 Å². The monoisotopic (exact) mass is 300 g/mol. The number of nitrogens with zero attached hydrogens (tertiary/aromatic N) is 2. The van der Waals surface area contributed by atoms with Crippen molar-refractivity contribution in [1.29, 1.82) is 5.26 Å². The van der Waals surface area contributed by atoms with E-state index in [4.69, 9.17) is 5.26 Å². The molecule has 0 aliphatic heterocycles. The molecule has 22 heavy (non-hydrogen) atoms. The lowest BCUT2D eigenvalue weighted by atomic mass is 10.1. The molecule has 1 atom stereocenters. The van der Waals surface area contributed by atoms with Gasteiger partial charge in [-0.05, 0) is 38.0 Å².